The number of fused-ring (bicyclic) bond motifs is 2. The van der Waals surface area contributed by atoms with Gasteiger partial charge >= 0.3 is 0 Å². The first-order valence-electron chi connectivity index (χ1n) is 3.86. The number of hydrogen-bond acceptors (Lipinski definition) is 1. The monoisotopic (exact) mass is 124 g/mol. The SMILES string of the molecule is O=C1CC2CC[C@@H](C1)C2. The fraction of sp³-hybridized carbons (Fsp3) is 0.875. The molecule has 0 heterocycles. The number of carbonyl (C=O) groups excluding carboxylic acids is 1. The minimum Gasteiger partial charge on any atom is -0.300 e. The summed E-state index contributed by atoms with van der Waals surface area (Å²) < 4.78 is 0. The van der Waals surface area contributed by atoms with Gasteiger partial charge in [-0.05, 0) is 31.1 Å². The lowest BCUT2D eigenvalue weighted by Gasteiger charge is -2.15. The van der Waals surface area contributed by atoms with Crippen molar-refractivity contribution in [3.05, 3.63) is 0 Å². The maximum Gasteiger partial charge on any atom is 0.133 e. The molecule has 1 unspecified atom stereocenters. The third kappa shape index (κ3) is 0.887. The molecule has 0 N–H and O–H groups in total. The van der Waals surface area contributed by atoms with E-state index in [1.807, 2.05) is 0 Å². The van der Waals surface area contributed by atoms with Crippen molar-refractivity contribution < 1.29 is 4.79 Å². The highest BCUT2D eigenvalue weighted by atomic mass is 16.1. The Morgan fingerprint density at radius 2 is 1.67 bits per heavy atom. The van der Waals surface area contributed by atoms with Crippen molar-refractivity contribution in [3.63, 3.8) is 0 Å². The van der Waals surface area contributed by atoms with Gasteiger partial charge in [0.1, 0.15) is 5.78 Å². The van der Waals surface area contributed by atoms with Crippen molar-refractivity contribution in [3.8, 4) is 0 Å². The maximum absolute atomic E-state index is 10.9. The topological polar surface area (TPSA) is 17.1 Å². The highest BCUT2D eigenvalue weighted by Crippen LogP contribution is 2.39. The zero-order chi connectivity index (χ0) is 6.27. The molecule has 50 valence electrons. The second-order valence-electron chi connectivity index (χ2n) is 3.49. The van der Waals surface area contributed by atoms with Crippen molar-refractivity contribution in [1.29, 1.82) is 0 Å². The molecule has 0 saturated heterocycles. The van der Waals surface area contributed by atoms with E-state index in [0.717, 1.165) is 24.7 Å². The molecular weight excluding hydrogens is 112 g/mol. The Morgan fingerprint density at radius 1 is 1.11 bits per heavy atom. The van der Waals surface area contributed by atoms with Gasteiger partial charge in [0.25, 0.3) is 0 Å². The van der Waals surface area contributed by atoms with Crippen LogP contribution in [0, 0.1) is 11.8 Å². The smallest absolute Gasteiger partial charge is 0.133 e. The van der Waals surface area contributed by atoms with Crippen molar-refractivity contribution in [2.45, 2.75) is 32.1 Å². The molecule has 2 aliphatic rings. The largest absolute Gasteiger partial charge is 0.300 e. The lowest BCUT2D eigenvalue weighted by atomic mass is 9.88. The van der Waals surface area contributed by atoms with Crippen molar-refractivity contribution in [2.75, 3.05) is 0 Å². The van der Waals surface area contributed by atoms with Crippen LogP contribution in [0.3, 0.4) is 0 Å². The predicted molar refractivity (Wildman–Crippen MR) is 35.1 cm³/mol. The molecule has 1 nitrogen and oxygen atoms in total. The van der Waals surface area contributed by atoms with Crippen molar-refractivity contribution in [2.24, 2.45) is 11.8 Å². The third-order valence-corrected chi connectivity index (χ3v) is 2.68. The summed E-state index contributed by atoms with van der Waals surface area (Å²) in [6.07, 6.45) is 5.81. The normalized spacial score (nSPS) is 41.6. The van der Waals surface area contributed by atoms with E-state index in [1.165, 1.54) is 19.3 Å². The fourth-order valence-electron chi connectivity index (χ4n) is 2.28. The first kappa shape index (κ1) is 5.45. The Kier molecular flexibility index (Phi) is 1.11. The van der Waals surface area contributed by atoms with E-state index in [-0.39, 0.29) is 0 Å². The minimum atomic E-state index is 0.522. The summed E-state index contributed by atoms with van der Waals surface area (Å²) in [5.41, 5.74) is 0. The number of Topliss-reactive ketones (excluding diaryl/α,β-unsaturated/α-hetero) is 1. The maximum atomic E-state index is 10.9. The summed E-state index contributed by atoms with van der Waals surface area (Å²) in [5.74, 6) is 2.10. The van der Waals surface area contributed by atoms with Crippen LogP contribution in [0.25, 0.3) is 0 Å². The van der Waals surface area contributed by atoms with Crippen LogP contribution in [0.15, 0.2) is 0 Å². The average Bonchev–Trinajstić information content (AvgIpc) is 2.11. The molecular formula is C8H12O. The molecule has 2 fully saturated rings. The molecule has 0 spiro atoms. The van der Waals surface area contributed by atoms with Crippen molar-refractivity contribution >= 4 is 5.78 Å². The highest BCUT2D eigenvalue weighted by molar-refractivity contribution is 5.79. The van der Waals surface area contributed by atoms with Crippen LogP contribution in [-0.4, -0.2) is 5.78 Å². The van der Waals surface area contributed by atoms with Gasteiger partial charge in [0.05, 0.1) is 0 Å². The van der Waals surface area contributed by atoms with E-state index >= 15 is 0 Å². The number of hydrogen-bond donors (Lipinski definition) is 0. The van der Waals surface area contributed by atoms with E-state index in [0.29, 0.717) is 5.78 Å². The lowest BCUT2D eigenvalue weighted by molar-refractivity contribution is -0.121. The molecule has 2 atom stereocenters. The van der Waals surface area contributed by atoms with Crippen molar-refractivity contribution in [1.82, 2.24) is 0 Å². The average molecular weight is 124 g/mol. The van der Waals surface area contributed by atoms with Gasteiger partial charge in [-0.2, -0.15) is 0 Å². The van der Waals surface area contributed by atoms with E-state index in [2.05, 4.69) is 0 Å². The van der Waals surface area contributed by atoms with Crippen LogP contribution >= 0.6 is 0 Å². The first-order valence-corrected chi connectivity index (χ1v) is 3.86. The lowest BCUT2D eigenvalue weighted by Crippen LogP contribution is -2.14. The molecule has 2 saturated carbocycles. The summed E-state index contributed by atoms with van der Waals surface area (Å²) in [5, 5.41) is 0. The van der Waals surface area contributed by atoms with Gasteiger partial charge in [0.2, 0.25) is 0 Å². The molecule has 0 aromatic rings. The predicted octanol–water partition coefficient (Wildman–Crippen LogP) is 1.77. The Bertz CT molecular complexity index is 126. The van der Waals surface area contributed by atoms with Crippen LogP contribution in [0.1, 0.15) is 32.1 Å². The van der Waals surface area contributed by atoms with Gasteiger partial charge in [-0.1, -0.05) is 0 Å². The standard InChI is InChI=1S/C8H12O/c9-8-4-6-1-2-7(3-6)5-8/h6-7H,1-5H2/t6-,7?/m1/s1. The van der Waals surface area contributed by atoms with Gasteiger partial charge < -0.3 is 0 Å². The second-order valence-corrected chi connectivity index (χ2v) is 3.49. The molecule has 2 aliphatic carbocycles. The molecule has 0 aromatic carbocycles. The quantitative estimate of drug-likeness (QED) is 0.481. The summed E-state index contributed by atoms with van der Waals surface area (Å²) in [7, 11) is 0. The number of carbonyl (C=O) groups is 1. The summed E-state index contributed by atoms with van der Waals surface area (Å²) in [6, 6.07) is 0. The van der Waals surface area contributed by atoms with Gasteiger partial charge in [0, 0.05) is 12.8 Å². The van der Waals surface area contributed by atoms with Crippen LogP contribution in [0.4, 0.5) is 0 Å². The second kappa shape index (κ2) is 1.83. The Morgan fingerprint density at radius 3 is 2.22 bits per heavy atom. The molecule has 0 aliphatic heterocycles. The molecule has 2 bridgehead atoms. The van der Waals surface area contributed by atoms with Crippen LogP contribution in [0.2, 0.25) is 0 Å². The molecule has 0 radical (unpaired) electrons. The van der Waals surface area contributed by atoms with Crippen LogP contribution in [-0.2, 0) is 4.79 Å². The highest BCUT2D eigenvalue weighted by Gasteiger charge is 2.32. The van der Waals surface area contributed by atoms with Crippen LogP contribution in [0.5, 0.6) is 0 Å². The molecule has 1 heteroatoms. The number of ketones is 1. The zero-order valence-corrected chi connectivity index (χ0v) is 5.60. The van der Waals surface area contributed by atoms with Gasteiger partial charge in [0.15, 0.2) is 0 Å². The van der Waals surface area contributed by atoms with E-state index in [9.17, 15) is 4.79 Å². The summed E-state index contributed by atoms with van der Waals surface area (Å²) in [6.45, 7) is 0. The zero-order valence-electron chi connectivity index (χ0n) is 5.60. The van der Waals surface area contributed by atoms with E-state index in [1.54, 1.807) is 0 Å². The fourth-order valence-corrected chi connectivity index (χ4v) is 2.28. The van der Waals surface area contributed by atoms with E-state index < -0.39 is 0 Å². The third-order valence-electron chi connectivity index (χ3n) is 2.68. The van der Waals surface area contributed by atoms with Gasteiger partial charge in [-0.25, -0.2) is 0 Å². The Hall–Kier alpha value is -0.330. The summed E-state index contributed by atoms with van der Waals surface area (Å²) in [4.78, 5) is 10.9. The Labute approximate surface area is 55.4 Å². The molecule has 0 amide bonds. The Balaban J connectivity index is 2.11. The first-order chi connectivity index (χ1) is 4.34. The minimum absolute atomic E-state index is 0.522. The summed E-state index contributed by atoms with van der Waals surface area (Å²) >= 11 is 0. The van der Waals surface area contributed by atoms with E-state index in [4.69, 9.17) is 0 Å². The molecule has 9 heavy (non-hydrogen) atoms. The number of rotatable bonds is 0. The van der Waals surface area contributed by atoms with Gasteiger partial charge in [-0.3, -0.25) is 4.79 Å². The molecule has 0 aromatic heterocycles. The van der Waals surface area contributed by atoms with Gasteiger partial charge in [-0.15, -0.1) is 0 Å². The molecule has 2 rings (SSSR count). The van der Waals surface area contributed by atoms with Crippen LogP contribution < -0.4 is 0 Å².